The molecular formula is C15H22N2O4. The summed E-state index contributed by atoms with van der Waals surface area (Å²) in [6.07, 6.45) is 0.655. The van der Waals surface area contributed by atoms with E-state index in [0.717, 1.165) is 5.56 Å². The number of carbonyl (C=O) groups excluding carboxylic acids is 1. The molecule has 0 saturated heterocycles. The molecule has 0 saturated carbocycles. The predicted molar refractivity (Wildman–Crippen MR) is 80.2 cm³/mol. The Morgan fingerprint density at radius 2 is 2.14 bits per heavy atom. The van der Waals surface area contributed by atoms with E-state index >= 15 is 0 Å². The third-order valence-electron chi connectivity index (χ3n) is 2.96. The van der Waals surface area contributed by atoms with Gasteiger partial charge in [0.15, 0.2) is 0 Å². The molecule has 6 heteroatoms. The van der Waals surface area contributed by atoms with Crippen molar-refractivity contribution in [3.8, 4) is 0 Å². The number of anilines is 1. The quantitative estimate of drug-likeness (QED) is 0.687. The van der Waals surface area contributed by atoms with E-state index in [0.29, 0.717) is 25.3 Å². The van der Waals surface area contributed by atoms with Crippen LogP contribution in [0.5, 0.6) is 0 Å². The molecule has 1 atom stereocenters. The molecule has 116 valence electrons. The maximum atomic E-state index is 11.8. The standard InChI is InChI=1S/C15H22N2O4/c1-11(6-7-14(18)19)9-16-15(20)17-13-5-3-4-12(8-13)10-21-2/h3-5,8,11H,6-7,9-10H2,1-2H3,(H,18,19)(H2,16,17,20). The second kappa shape index (κ2) is 8.97. The van der Waals surface area contributed by atoms with Gasteiger partial charge in [-0.15, -0.1) is 0 Å². The van der Waals surface area contributed by atoms with Crippen molar-refractivity contribution in [2.75, 3.05) is 19.0 Å². The molecule has 0 aliphatic heterocycles. The zero-order chi connectivity index (χ0) is 15.7. The number of urea groups is 1. The van der Waals surface area contributed by atoms with Gasteiger partial charge in [-0.3, -0.25) is 4.79 Å². The first-order chi connectivity index (χ1) is 10.0. The van der Waals surface area contributed by atoms with E-state index in [-0.39, 0.29) is 18.4 Å². The third kappa shape index (κ3) is 7.31. The lowest BCUT2D eigenvalue weighted by atomic mass is 10.1. The topological polar surface area (TPSA) is 87.7 Å². The number of hydrogen-bond donors (Lipinski definition) is 3. The highest BCUT2D eigenvalue weighted by atomic mass is 16.5. The fourth-order valence-corrected chi connectivity index (χ4v) is 1.82. The Labute approximate surface area is 124 Å². The Morgan fingerprint density at radius 1 is 1.38 bits per heavy atom. The van der Waals surface area contributed by atoms with Gasteiger partial charge >= 0.3 is 12.0 Å². The van der Waals surface area contributed by atoms with E-state index in [2.05, 4.69) is 10.6 Å². The van der Waals surface area contributed by atoms with Crippen LogP contribution >= 0.6 is 0 Å². The van der Waals surface area contributed by atoms with Gasteiger partial charge < -0.3 is 20.5 Å². The van der Waals surface area contributed by atoms with Gasteiger partial charge in [-0.1, -0.05) is 19.1 Å². The molecule has 0 spiro atoms. The summed E-state index contributed by atoms with van der Waals surface area (Å²) in [4.78, 5) is 22.2. The van der Waals surface area contributed by atoms with Gasteiger partial charge in [0.2, 0.25) is 0 Å². The van der Waals surface area contributed by atoms with Gasteiger partial charge in [0, 0.05) is 25.8 Å². The first-order valence-electron chi connectivity index (χ1n) is 6.85. The van der Waals surface area contributed by atoms with E-state index in [4.69, 9.17) is 9.84 Å². The van der Waals surface area contributed by atoms with Crippen molar-refractivity contribution >= 4 is 17.7 Å². The minimum absolute atomic E-state index is 0.115. The average molecular weight is 294 g/mol. The highest BCUT2D eigenvalue weighted by Crippen LogP contribution is 2.11. The summed E-state index contributed by atoms with van der Waals surface area (Å²) in [5.41, 5.74) is 1.67. The van der Waals surface area contributed by atoms with Crippen LogP contribution in [-0.4, -0.2) is 30.8 Å². The first kappa shape index (κ1) is 17.0. The summed E-state index contributed by atoms with van der Waals surface area (Å²) < 4.78 is 5.04. The maximum Gasteiger partial charge on any atom is 0.319 e. The number of nitrogens with one attached hydrogen (secondary N) is 2. The van der Waals surface area contributed by atoms with Gasteiger partial charge in [0.1, 0.15) is 0 Å². The van der Waals surface area contributed by atoms with Crippen molar-refractivity contribution in [3.63, 3.8) is 0 Å². The number of aliphatic carboxylic acids is 1. The second-order valence-corrected chi connectivity index (χ2v) is 5.01. The Kier molecular flexibility index (Phi) is 7.25. The molecule has 0 bridgehead atoms. The van der Waals surface area contributed by atoms with Gasteiger partial charge in [-0.05, 0) is 30.0 Å². The molecule has 0 fully saturated rings. The molecular weight excluding hydrogens is 272 g/mol. The lowest BCUT2D eigenvalue weighted by Crippen LogP contribution is -2.32. The van der Waals surface area contributed by atoms with E-state index in [1.54, 1.807) is 13.2 Å². The Balaban J connectivity index is 2.36. The summed E-state index contributed by atoms with van der Waals surface area (Å²) in [6.45, 7) is 2.84. The van der Waals surface area contributed by atoms with Crippen LogP contribution in [0.25, 0.3) is 0 Å². The predicted octanol–water partition coefficient (Wildman–Crippen LogP) is 2.46. The normalized spacial score (nSPS) is 11.7. The van der Waals surface area contributed by atoms with E-state index in [9.17, 15) is 9.59 Å². The second-order valence-electron chi connectivity index (χ2n) is 5.01. The van der Waals surface area contributed by atoms with E-state index in [1.165, 1.54) is 0 Å². The van der Waals surface area contributed by atoms with Crippen LogP contribution in [0.1, 0.15) is 25.3 Å². The van der Waals surface area contributed by atoms with Crippen LogP contribution in [0.2, 0.25) is 0 Å². The molecule has 6 nitrogen and oxygen atoms in total. The van der Waals surface area contributed by atoms with Crippen LogP contribution < -0.4 is 10.6 Å². The summed E-state index contributed by atoms with van der Waals surface area (Å²) in [5.74, 6) is -0.701. The summed E-state index contributed by atoms with van der Waals surface area (Å²) in [6, 6.07) is 7.11. The Morgan fingerprint density at radius 3 is 2.81 bits per heavy atom. The number of carbonyl (C=O) groups is 2. The molecule has 1 rings (SSSR count). The Bertz CT molecular complexity index is 476. The molecule has 2 amide bonds. The lowest BCUT2D eigenvalue weighted by molar-refractivity contribution is -0.137. The maximum absolute atomic E-state index is 11.8. The van der Waals surface area contributed by atoms with Gasteiger partial charge in [0.05, 0.1) is 6.61 Å². The van der Waals surface area contributed by atoms with Gasteiger partial charge in [0.25, 0.3) is 0 Å². The van der Waals surface area contributed by atoms with Crippen molar-refractivity contribution in [3.05, 3.63) is 29.8 Å². The smallest absolute Gasteiger partial charge is 0.319 e. The van der Waals surface area contributed by atoms with Crippen LogP contribution in [0.4, 0.5) is 10.5 Å². The molecule has 21 heavy (non-hydrogen) atoms. The SMILES string of the molecule is COCc1cccc(NC(=O)NCC(C)CCC(=O)O)c1. The van der Waals surface area contributed by atoms with Crippen molar-refractivity contribution in [1.29, 1.82) is 0 Å². The van der Waals surface area contributed by atoms with Crippen LogP contribution in [0, 0.1) is 5.92 Å². The minimum Gasteiger partial charge on any atom is -0.481 e. The average Bonchev–Trinajstić information content (AvgIpc) is 2.43. The fraction of sp³-hybridized carbons (Fsp3) is 0.467. The van der Waals surface area contributed by atoms with Crippen LogP contribution in [-0.2, 0) is 16.1 Å². The molecule has 0 aromatic heterocycles. The summed E-state index contributed by atoms with van der Waals surface area (Å²) in [7, 11) is 1.62. The van der Waals surface area contributed by atoms with Crippen molar-refractivity contribution in [2.24, 2.45) is 5.92 Å². The lowest BCUT2D eigenvalue weighted by Gasteiger charge is -2.12. The molecule has 1 unspecified atom stereocenters. The largest absolute Gasteiger partial charge is 0.481 e. The number of benzene rings is 1. The summed E-state index contributed by atoms with van der Waals surface area (Å²) in [5, 5.41) is 14.1. The number of carboxylic acids is 1. The van der Waals surface area contributed by atoms with E-state index < -0.39 is 5.97 Å². The number of carboxylic acid groups (broad SMARTS) is 1. The van der Waals surface area contributed by atoms with Crippen molar-refractivity contribution < 1.29 is 19.4 Å². The zero-order valence-corrected chi connectivity index (χ0v) is 12.4. The molecule has 1 aromatic rings. The molecule has 1 aromatic carbocycles. The molecule has 0 heterocycles. The van der Waals surface area contributed by atoms with Crippen molar-refractivity contribution in [1.82, 2.24) is 5.32 Å². The first-order valence-corrected chi connectivity index (χ1v) is 6.85. The van der Waals surface area contributed by atoms with Crippen LogP contribution in [0.15, 0.2) is 24.3 Å². The third-order valence-corrected chi connectivity index (χ3v) is 2.96. The molecule has 0 radical (unpaired) electrons. The highest BCUT2D eigenvalue weighted by Gasteiger charge is 2.08. The number of methoxy groups -OCH3 is 1. The molecule has 0 aliphatic rings. The zero-order valence-electron chi connectivity index (χ0n) is 12.4. The Hall–Kier alpha value is -2.08. The number of hydrogen-bond acceptors (Lipinski definition) is 3. The minimum atomic E-state index is -0.818. The van der Waals surface area contributed by atoms with Crippen molar-refractivity contribution in [2.45, 2.75) is 26.4 Å². The number of ether oxygens (including phenoxy) is 1. The van der Waals surface area contributed by atoms with Gasteiger partial charge in [-0.2, -0.15) is 0 Å². The van der Waals surface area contributed by atoms with E-state index in [1.807, 2.05) is 25.1 Å². The van der Waals surface area contributed by atoms with Gasteiger partial charge in [-0.25, -0.2) is 4.79 Å². The molecule has 0 aliphatic carbocycles. The monoisotopic (exact) mass is 294 g/mol. The van der Waals surface area contributed by atoms with Crippen LogP contribution in [0.3, 0.4) is 0 Å². The fourth-order valence-electron chi connectivity index (χ4n) is 1.82. The number of rotatable bonds is 8. The summed E-state index contributed by atoms with van der Waals surface area (Å²) >= 11 is 0. The highest BCUT2D eigenvalue weighted by molar-refractivity contribution is 5.89. The number of amides is 2. The molecule has 3 N–H and O–H groups in total.